The molecule has 0 aliphatic carbocycles. The van der Waals surface area contributed by atoms with E-state index < -0.39 is 17.5 Å². The first-order valence-corrected chi connectivity index (χ1v) is 7.50. The summed E-state index contributed by atoms with van der Waals surface area (Å²) in [7, 11) is 0. The zero-order valence-electron chi connectivity index (χ0n) is 11.2. The highest BCUT2D eigenvalue weighted by Crippen LogP contribution is 2.29. The summed E-state index contributed by atoms with van der Waals surface area (Å²) in [5.74, 6) is -0.760. The Balaban J connectivity index is 2.24. The molecular weight excluding hydrogens is 395 g/mol. The van der Waals surface area contributed by atoms with Crippen LogP contribution in [-0.2, 0) is 6.18 Å². The summed E-state index contributed by atoms with van der Waals surface area (Å²) in [4.78, 5) is 12.1. The average molecular weight is 402 g/mol. The van der Waals surface area contributed by atoms with Crippen molar-refractivity contribution in [3.8, 4) is 5.69 Å². The molecule has 1 aromatic heterocycles. The maximum absolute atomic E-state index is 12.6. The summed E-state index contributed by atoms with van der Waals surface area (Å²) >= 11 is 8.59. The quantitative estimate of drug-likeness (QED) is 0.532. The summed E-state index contributed by atoms with van der Waals surface area (Å²) in [5, 5.41) is 0.508. The molecular formula is C15H7BrF3NO2S. The van der Waals surface area contributed by atoms with E-state index in [1.807, 2.05) is 0 Å². The van der Waals surface area contributed by atoms with E-state index in [0.717, 1.165) is 21.2 Å². The Morgan fingerprint density at radius 3 is 2.35 bits per heavy atom. The third kappa shape index (κ3) is 2.96. The molecule has 0 bridgehead atoms. The van der Waals surface area contributed by atoms with Gasteiger partial charge in [-0.1, -0.05) is 28.1 Å². The van der Waals surface area contributed by atoms with Crippen molar-refractivity contribution >= 4 is 39.1 Å². The van der Waals surface area contributed by atoms with Gasteiger partial charge in [-0.25, -0.2) is 9.36 Å². The van der Waals surface area contributed by atoms with Gasteiger partial charge in [0, 0.05) is 4.47 Å². The van der Waals surface area contributed by atoms with Crippen molar-refractivity contribution in [1.29, 1.82) is 0 Å². The van der Waals surface area contributed by atoms with Crippen molar-refractivity contribution in [2.24, 2.45) is 0 Å². The molecule has 23 heavy (non-hydrogen) atoms. The van der Waals surface area contributed by atoms with E-state index in [4.69, 9.17) is 16.6 Å². The Morgan fingerprint density at radius 2 is 1.74 bits per heavy atom. The van der Waals surface area contributed by atoms with Crippen LogP contribution < -0.4 is 5.76 Å². The molecule has 0 amide bonds. The minimum absolute atomic E-state index is 0.164. The molecule has 0 radical (unpaired) electrons. The number of alkyl halides is 3. The van der Waals surface area contributed by atoms with Crippen molar-refractivity contribution in [2.45, 2.75) is 6.18 Å². The number of hydrogen-bond donors (Lipinski definition) is 0. The van der Waals surface area contributed by atoms with Crippen molar-refractivity contribution in [1.82, 2.24) is 4.57 Å². The van der Waals surface area contributed by atoms with Gasteiger partial charge in [0.05, 0.1) is 16.6 Å². The Morgan fingerprint density at radius 1 is 1.09 bits per heavy atom. The number of aromatic nitrogens is 1. The zero-order chi connectivity index (χ0) is 16.8. The number of nitrogens with zero attached hydrogens (tertiary/aromatic N) is 1. The molecule has 1 heterocycles. The van der Waals surface area contributed by atoms with E-state index in [2.05, 4.69) is 15.9 Å². The molecule has 2 aromatic carbocycles. The Kier molecular flexibility index (Phi) is 3.89. The molecule has 0 saturated heterocycles. The highest BCUT2D eigenvalue weighted by Gasteiger charge is 2.30. The summed E-state index contributed by atoms with van der Waals surface area (Å²) < 4.78 is 45.0. The second-order valence-electron chi connectivity index (χ2n) is 4.69. The van der Waals surface area contributed by atoms with E-state index in [0.29, 0.717) is 11.0 Å². The minimum atomic E-state index is -4.45. The highest BCUT2D eigenvalue weighted by molar-refractivity contribution is 9.10. The van der Waals surface area contributed by atoms with Gasteiger partial charge in [-0.3, -0.25) is 0 Å². The first kappa shape index (κ1) is 15.9. The van der Waals surface area contributed by atoms with Gasteiger partial charge in [0.15, 0.2) is 0 Å². The monoisotopic (exact) mass is 401 g/mol. The maximum Gasteiger partial charge on any atom is 0.425 e. The van der Waals surface area contributed by atoms with Gasteiger partial charge in [0.2, 0.25) is 0 Å². The molecule has 0 aliphatic rings. The molecule has 0 N–H and O–H groups in total. The van der Waals surface area contributed by atoms with Gasteiger partial charge >= 0.3 is 11.9 Å². The second kappa shape index (κ2) is 5.61. The Bertz CT molecular complexity index is 1010. The number of rotatable bonds is 1. The fraction of sp³-hybridized carbons (Fsp3) is 0.0667. The number of fused-ring (bicyclic) bond motifs is 1. The number of hydrogen-bond acceptors (Lipinski definition) is 3. The third-order valence-electron chi connectivity index (χ3n) is 3.21. The number of benzene rings is 2. The molecule has 0 aliphatic heterocycles. The topological polar surface area (TPSA) is 35.1 Å². The van der Waals surface area contributed by atoms with E-state index >= 15 is 0 Å². The van der Waals surface area contributed by atoms with E-state index in [-0.39, 0.29) is 10.3 Å². The third-order valence-corrected chi connectivity index (χ3v) is 4.10. The van der Waals surface area contributed by atoms with Crippen LogP contribution in [0.3, 0.4) is 0 Å². The van der Waals surface area contributed by atoms with Crippen LogP contribution in [0.5, 0.6) is 0 Å². The van der Waals surface area contributed by atoms with Gasteiger partial charge < -0.3 is 4.42 Å². The summed E-state index contributed by atoms with van der Waals surface area (Å²) in [5.41, 5.74) is -0.286. The fourth-order valence-electron chi connectivity index (χ4n) is 2.12. The Labute approximate surface area is 141 Å². The first-order valence-electron chi connectivity index (χ1n) is 6.30. The van der Waals surface area contributed by atoms with Crippen LogP contribution in [0.25, 0.3) is 16.7 Å². The second-order valence-corrected chi connectivity index (χ2v) is 6.00. The van der Waals surface area contributed by atoms with Crippen molar-refractivity contribution in [3.63, 3.8) is 0 Å². The van der Waals surface area contributed by atoms with Crippen molar-refractivity contribution in [2.75, 3.05) is 0 Å². The SMILES string of the molecule is O=c1oc2ccc(Br)cc2c(=S)n1-c1ccc(C(F)(F)F)cc1. The van der Waals surface area contributed by atoms with Gasteiger partial charge in [0.25, 0.3) is 0 Å². The molecule has 0 saturated carbocycles. The van der Waals surface area contributed by atoms with Gasteiger partial charge in [-0.05, 0) is 42.5 Å². The molecule has 0 atom stereocenters. The molecule has 3 rings (SSSR count). The van der Waals surface area contributed by atoms with Crippen LogP contribution in [-0.4, -0.2) is 4.57 Å². The van der Waals surface area contributed by atoms with Gasteiger partial charge in [-0.15, -0.1) is 0 Å². The smallest absolute Gasteiger partial charge is 0.409 e. The average Bonchev–Trinajstić information content (AvgIpc) is 2.48. The lowest BCUT2D eigenvalue weighted by molar-refractivity contribution is -0.137. The normalized spacial score (nSPS) is 11.8. The molecule has 118 valence electrons. The fourth-order valence-corrected chi connectivity index (χ4v) is 2.82. The van der Waals surface area contributed by atoms with E-state index in [1.54, 1.807) is 18.2 Å². The number of halogens is 4. The minimum Gasteiger partial charge on any atom is -0.409 e. The molecule has 3 aromatic rings. The molecule has 8 heteroatoms. The standard InChI is InChI=1S/C15H7BrF3NO2S/c16-9-3-6-12-11(7-9)13(23)20(14(21)22-12)10-4-1-8(2-5-10)15(17,18)19/h1-7H. The molecule has 0 spiro atoms. The lowest BCUT2D eigenvalue weighted by Crippen LogP contribution is -2.18. The molecule has 0 fully saturated rings. The lowest BCUT2D eigenvalue weighted by Gasteiger charge is -2.10. The van der Waals surface area contributed by atoms with Crippen LogP contribution in [0.2, 0.25) is 0 Å². The van der Waals surface area contributed by atoms with E-state index in [1.165, 1.54) is 12.1 Å². The van der Waals surface area contributed by atoms with E-state index in [9.17, 15) is 18.0 Å². The maximum atomic E-state index is 12.6. The summed E-state index contributed by atoms with van der Waals surface area (Å²) in [6, 6.07) is 9.11. The van der Waals surface area contributed by atoms with Crippen LogP contribution in [0.1, 0.15) is 5.56 Å². The van der Waals surface area contributed by atoms with Crippen molar-refractivity contribution in [3.05, 3.63) is 67.7 Å². The van der Waals surface area contributed by atoms with Crippen molar-refractivity contribution < 1.29 is 17.6 Å². The highest BCUT2D eigenvalue weighted by atomic mass is 79.9. The van der Waals surface area contributed by atoms with Crippen LogP contribution in [0, 0.1) is 4.64 Å². The van der Waals surface area contributed by atoms with Gasteiger partial charge in [0.1, 0.15) is 10.2 Å². The molecule has 0 unspecified atom stereocenters. The largest absolute Gasteiger partial charge is 0.425 e. The van der Waals surface area contributed by atoms with Crippen LogP contribution in [0.15, 0.2) is 56.1 Å². The van der Waals surface area contributed by atoms with Gasteiger partial charge in [-0.2, -0.15) is 13.2 Å². The lowest BCUT2D eigenvalue weighted by atomic mass is 10.2. The van der Waals surface area contributed by atoms with Crippen LogP contribution in [0.4, 0.5) is 13.2 Å². The summed E-state index contributed by atoms with van der Waals surface area (Å²) in [6.07, 6.45) is -4.45. The Hall–Kier alpha value is -1.93. The summed E-state index contributed by atoms with van der Waals surface area (Å²) in [6.45, 7) is 0. The predicted molar refractivity (Wildman–Crippen MR) is 85.3 cm³/mol. The molecule has 3 nitrogen and oxygen atoms in total. The first-order chi connectivity index (χ1) is 10.8. The predicted octanol–water partition coefficient (Wildman–Crippen LogP) is 5.09. The zero-order valence-corrected chi connectivity index (χ0v) is 13.6. The van der Waals surface area contributed by atoms with Crippen LogP contribution >= 0.6 is 28.1 Å².